The van der Waals surface area contributed by atoms with Gasteiger partial charge < -0.3 is 5.32 Å². The van der Waals surface area contributed by atoms with E-state index in [1.165, 1.54) is 70.6 Å². The van der Waals surface area contributed by atoms with Gasteiger partial charge in [-0.15, -0.1) is 6.58 Å². The van der Waals surface area contributed by atoms with Crippen LogP contribution in [0.1, 0.15) is 96.8 Å². The minimum Gasteiger partial charge on any atom is -0.355 e. The molecule has 0 radical (unpaired) electrons. The Balaban J connectivity index is 3.26. The van der Waals surface area contributed by atoms with Gasteiger partial charge in [-0.25, -0.2) is 3.93 Å². The van der Waals surface area contributed by atoms with Crippen LogP contribution in [0.5, 0.6) is 0 Å². The number of unbranched alkanes of at least 4 members (excludes halogenated alkanes) is 11. The van der Waals surface area contributed by atoms with Gasteiger partial charge in [-0.1, -0.05) is 76.5 Å². The third-order valence-corrected chi connectivity index (χ3v) is 5.31. The summed E-state index contributed by atoms with van der Waals surface area (Å²) in [5.41, 5.74) is 0. The summed E-state index contributed by atoms with van der Waals surface area (Å²) in [6, 6.07) is 0. The topological polar surface area (TPSA) is 32.3 Å². The molecule has 1 N–H and O–H groups in total. The normalized spacial score (nSPS) is 11.4. The summed E-state index contributed by atoms with van der Waals surface area (Å²) in [6.07, 6.45) is 23.9. The highest BCUT2D eigenvalue weighted by Crippen LogP contribution is 2.10. The fourth-order valence-electron chi connectivity index (χ4n) is 2.99. The predicted octanol–water partition coefficient (Wildman–Crippen LogP) is 6.94. The number of nitrogens with zero attached hydrogens (tertiary/aromatic N) is 1. The number of carbonyl (C=O) groups is 1. The van der Waals surface area contributed by atoms with Gasteiger partial charge in [-0.2, -0.15) is 0 Å². The molecule has 0 aliphatic rings. The fourth-order valence-corrected chi connectivity index (χ4v) is 3.37. The van der Waals surface area contributed by atoms with E-state index in [0.717, 1.165) is 25.9 Å². The third-order valence-electron chi connectivity index (χ3n) is 4.67. The number of allylic oxidation sites excluding steroid dienone is 2. The number of hydrogen-bond acceptors (Lipinski definition) is 2. The Labute approximate surface area is 177 Å². The SMILES string of the molecule is C=CCN(Br)CCNC(=O)CCCCCCC/C=C\CCCCCCCC. The summed E-state index contributed by atoms with van der Waals surface area (Å²) in [6.45, 7) is 8.22. The maximum Gasteiger partial charge on any atom is 0.220 e. The third kappa shape index (κ3) is 21.5. The number of nitrogens with one attached hydrogen (secondary N) is 1. The largest absolute Gasteiger partial charge is 0.355 e. The highest BCUT2D eigenvalue weighted by molar-refractivity contribution is 9.07. The van der Waals surface area contributed by atoms with E-state index in [1.807, 2.05) is 10.0 Å². The summed E-state index contributed by atoms with van der Waals surface area (Å²) in [5.74, 6) is 0.173. The first-order valence-electron chi connectivity index (χ1n) is 11.1. The van der Waals surface area contributed by atoms with Crippen LogP contribution >= 0.6 is 16.1 Å². The number of rotatable bonds is 20. The molecule has 0 atom stereocenters. The van der Waals surface area contributed by atoms with Gasteiger partial charge in [0.25, 0.3) is 0 Å². The van der Waals surface area contributed by atoms with Gasteiger partial charge in [0.05, 0.1) is 0 Å². The molecule has 0 aromatic rings. The molecule has 0 spiro atoms. The molecule has 0 bridgehead atoms. The molecule has 0 saturated heterocycles. The molecule has 4 heteroatoms. The number of carbonyl (C=O) groups excluding carboxylic acids is 1. The minimum atomic E-state index is 0.173. The summed E-state index contributed by atoms with van der Waals surface area (Å²) in [7, 11) is 0. The van der Waals surface area contributed by atoms with Crippen molar-refractivity contribution in [2.24, 2.45) is 0 Å². The molecular formula is C23H43BrN2O. The van der Waals surface area contributed by atoms with Gasteiger partial charge >= 0.3 is 0 Å². The van der Waals surface area contributed by atoms with Crippen molar-refractivity contribution < 1.29 is 4.79 Å². The molecule has 0 rings (SSSR count). The Bertz CT molecular complexity index is 371. The molecule has 0 heterocycles. The average molecular weight is 444 g/mol. The van der Waals surface area contributed by atoms with Crippen LogP contribution in [0.2, 0.25) is 0 Å². The van der Waals surface area contributed by atoms with E-state index in [2.05, 4.69) is 47.1 Å². The predicted molar refractivity (Wildman–Crippen MR) is 123 cm³/mol. The van der Waals surface area contributed by atoms with Gasteiger partial charge in [-0.3, -0.25) is 4.79 Å². The quantitative estimate of drug-likeness (QED) is 0.126. The molecule has 0 aromatic heterocycles. The van der Waals surface area contributed by atoms with E-state index in [9.17, 15) is 4.79 Å². The Kier molecular flexibility index (Phi) is 21.2. The lowest BCUT2D eigenvalue weighted by Crippen LogP contribution is -2.30. The molecule has 158 valence electrons. The zero-order valence-corrected chi connectivity index (χ0v) is 19.3. The second-order valence-electron chi connectivity index (χ2n) is 7.34. The lowest BCUT2D eigenvalue weighted by Gasteiger charge is -2.12. The maximum absolute atomic E-state index is 11.7. The van der Waals surface area contributed by atoms with Crippen LogP contribution < -0.4 is 5.32 Å². The molecular weight excluding hydrogens is 400 g/mol. The molecule has 27 heavy (non-hydrogen) atoms. The van der Waals surface area contributed by atoms with Gasteiger partial charge in [-0.05, 0) is 32.1 Å². The van der Waals surface area contributed by atoms with Crippen LogP contribution in [-0.2, 0) is 4.79 Å². The van der Waals surface area contributed by atoms with E-state index >= 15 is 0 Å². The second-order valence-corrected chi connectivity index (χ2v) is 8.34. The van der Waals surface area contributed by atoms with E-state index in [-0.39, 0.29) is 5.91 Å². The lowest BCUT2D eigenvalue weighted by molar-refractivity contribution is -0.121. The van der Waals surface area contributed by atoms with Crippen molar-refractivity contribution in [3.8, 4) is 0 Å². The van der Waals surface area contributed by atoms with Gasteiger partial charge in [0.1, 0.15) is 0 Å². The van der Waals surface area contributed by atoms with Crippen LogP contribution in [-0.4, -0.2) is 29.5 Å². The molecule has 0 fully saturated rings. The smallest absolute Gasteiger partial charge is 0.220 e. The molecule has 0 aromatic carbocycles. The van der Waals surface area contributed by atoms with Gasteiger partial charge in [0.2, 0.25) is 5.91 Å². The highest BCUT2D eigenvalue weighted by Gasteiger charge is 2.02. The van der Waals surface area contributed by atoms with Crippen molar-refractivity contribution in [1.29, 1.82) is 0 Å². The molecule has 3 nitrogen and oxygen atoms in total. The maximum atomic E-state index is 11.7. The molecule has 0 saturated carbocycles. The zero-order chi connectivity index (χ0) is 20.0. The fraction of sp³-hybridized carbons (Fsp3) is 0.783. The first kappa shape index (κ1) is 26.4. The molecule has 0 aliphatic heterocycles. The standard InChI is InChI=1S/C23H43BrN2O/c1-3-5-6-7-8-9-10-11-12-13-14-15-16-17-18-19-23(27)25-20-22-26(24)21-4-2/h4,11-12H,2-3,5-10,13-22H2,1H3,(H,25,27)/b12-11-. The van der Waals surface area contributed by atoms with E-state index in [4.69, 9.17) is 0 Å². The number of halogens is 1. The Hall–Kier alpha value is -0.610. The van der Waals surface area contributed by atoms with Crippen molar-refractivity contribution in [2.45, 2.75) is 96.8 Å². The molecule has 1 amide bonds. The van der Waals surface area contributed by atoms with E-state index in [1.54, 1.807) is 0 Å². The Morgan fingerprint density at radius 2 is 1.48 bits per heavy atom. The van der Waals surface area contributed by atoms with Crippen molar-refractivity contribution in [2.75, 3.05) is 19.6 Å². The van der Waals surface area contributed by atoms with Crippen LogP contribution in [0, 0.1) is 0 Å². The summed E-state index contributed by atoms with van der Waals surface area (Å²) in [5, 5.41) is 2.97. The van der Waals surface area contributed by atoms with E-state index < -0.39 is 0 Å². The van der Waals surface area contributed by atoms with Crippen molar-refractivity contribution >= 4 is 22.1 Å². The minimum absolute atomic E-state index is 0.173. The van der Waals surface area contributed by atoms with Crippen molar-refractivity contribution in [1.82, 2.24) is 9.24 Å². The molecule has 0 unspecified atom stereocenters. The first-order chi connectivity index (χ1) is 13.2. The lowest BCUT2D eigenvalue weighted by atomic mass is 10.1. The number of amides is 1. The van der Waals surface area contributed by atoms with Crippen LogP contribution in [0.4, 0.5) is 0 Å². The number of hydrogen-bond donors (Lipinski definition) is 1. The average Bonchev–Trinajstić information content (AvgIpc) is 2.65. The highest BCUT2D eigenvalue weighted by atomic mass is 79.9. The monoisotopic (exact) mass is 442 g/mol. The Morgan fingerprint density at radius 3 is 2.07 bits per heavy atom. The van der Waals surface area contributed by atoms with Crippen LogP contribution in [0.15, 0.2) is 24.8 Å². The summed E-state index contributed by atoms with van der Waals surface area (Å²) in [4.78, 5) is 11.7. The molecule has 0 aliphatic carbocycles. The summed E-state index contributed by atoms with van der Waals surface area (Å²) < 4.78 is 1.96. The summed E-state index contributed by atoms with van der Waals surface area (Å²) >= 11 is 3.42. The second kappa shape index (κ2) is 21.7. The zero-order valence-electron chi connectivity index (χ0n) is 17.7. The van der Waals surface area contributed by atoms with Gasteiger partial charge in [0, 0.05) is 42.2 Å². The van der Waals surface area contributed by atoms with Crippen LogP contribution in [0.25, 0.3) is 0 Å². The van der Waals surface area contributed by atoms with Crippen molar-refractivity contribution in [3.63, 3.8) is 0 Å². The Morgan fingerprint density at radius 1 is 0.926 bits per heavy atom. The van der Waals surface area contributed by atoms with Gasteiger partial charge in [0.15, 0.2) is 0 Å². The van der Waals surface area contributed by atoms with Crippen molar-refractivity contribution in [3.05, 3.63) is 24.8 Å². The van der Waals surface area contributed by atoms with Crippen LogP contribution in [0.3, 0.4) is 0 Å². The first-order valence-corrected chi connectivity index (χ1v) is 11.8. The van der Waals surface area contributed by atoms with E-state index in [0.29, 0.717) is 13.0 Å².